The van der Waals surface area contributed by atoms with Crippen molar-refractivity contribution in [1.82, 2.24) is 10.3 Å². The predicted molar refractivity (Wildman–Crippen MR) is 127 cm³/mol. The molecular formula is C26H25N3O5. The van der Waals surface area contributed by atoms with Gasteiger partial charge in [0.1, 0.15) is 12.3 Å². The maximum atomic E-state index is 12.5. The van der Waals surface area contributed by atoms with Crippen LogP contribution in [0.4, 0.5) is 10.5 Å². The van der Waals surface area contributed by atoms with E-state index in [-0.39, 0.29) is 30.5 Å². The molecule has 3 aromatic rings. The largest absolute Gasteiger partial charge is 0.477 e. The highest BCUT2D eigenvalue weighted by molar-refractivity contribution is 5.92. The molecule has 1 atom stereocenters. The molecule has 1 aliphatic rings. The van der Waals surface area contributed by atoms with Crippen molar-refractivity contribution in [1.29, 1.82) is 0 Å². The van der Waals surface area contributed by atoms with Crippen molar-refractivity contribution in [3.63, 3.8) is 0 Å². The number of carboxylic acids is 1. The van der Waals surface area contributed by atoms with Gasteiger partial charge >= 0.3 is 12.1 Å². The number of carboxylic acid groups (broad SMARTS) is 1. The molecule has 0 radical (unpaired) electrons. The van der Waals surface area contributed by atoms with Crippen molar-refractivity contribution >= 4 is 23.7 Å². The minimum absolute atomic E-state index is 0.0391. The predicted octanol–water partition coefficient (Wildman–Crippen LogP) is 4.43. The molecule has 34 heavy (non-hydrogen) atoms. The van der Waals surface area contributed by atoms with Crippen molar-refractivity contribution in [3.8, 4) is 11.1 Å². The lowest BCUT2D eigenvalue weighted by Gasteiger charge is -2.18. The Morgan fingerprint density at radius 3 is 2.21 bits per heavy atom. The number of hydrogen-bond acceptors (Lipinski definition) is 5. The maximum absolute atomic E-state index is 12.5. The number of ether oxygens (including phenoxy) is 1. The number of aromatic nitrogens is 1. The van der Waals surface area contributed by atoms with E-state index in [1.807, 2.05) is 31.2 Å². The Labute approximate surface area is 197 Å². The van der Waals surface area contributed by atoms with Gasteiger partial charge in [0.2, 0.25) is 5.91 Å². The zero-order valence-electron chi connectivity index (χ0n) is 18.7. The van der Waals surface area contributed by atoms with Gasteiger partial charge in [-0.05, 0) is 40.8 Å². The van der Waals surface area contributed by atoms with Crippen LogP contribution in [0.5, 0.6) is 0 Å². The van der Waals surface area contributed by atoms with E-state index < -0.39 is 18.1 Å². The van der Waals surface area contributed by atoms with Crippen molar-refractivity contribution < 1.29 is 24.2 Å². The van der Waals surface area contributed by atoms with Gasteiger partial charge in [0.15, 0.2) is 0 Å². The molecule has 2 aromatic carbocycles. The number of nitrogens with one attached hydrogen (secondary N) is 2. The molecule has 0 fully saturated rings. The molecule has 8 nitrogen and oxygen atoms in total. The summed E-state index contributed by atoms with van der Waals surface area (Å²) >= 11 is 0. The molecule has 4 rings (SSSR count). The average molecular weight is 460 g/mol. The summed E-state index contributed by atoms with van der Waals surface area (Å²) < 4.78 is 5.56. The van der Waals surface area contributed by atoms with Crippen LogP contribution < -0.4 is 10.6 Å². The Bertz CT molecular complexity index is 1160. The third-order valence-corrected chi connectivity index (χ3v) is 5.86. The SMILES string of the molecule is CC[C@@H](CC(=O)Nc1ccc(C(=O)O)nc1)NC(=O)OCC1c2ccccc2-c2ccccc21. The van der Waals surface area contributed by atoms with Gasteiger partial charge in [0, 0.05) is 18.4 Å². The van der Waals surface area contributed by atoms with Crippen LogP contribution in [0.25, 0.3) is 11.1 Å². The van der Waals surface area contributed by atoms with Gasteiger partial charge in [0.05, 0.1) is 11.9 Å². The van der Waals surface area contributed by atoms with Crippen LogP contribution in [0.1, 0.15) is 47.3 Å². The van der Waals surface area contributed by atoms with Crippen molar-refractivity contribution in [2.24, 2.45) is 0 Å². The number of pyridine rings is 1. The smallest absolute Gasteiger partial charge is 0.407 e. The fourth-order valence-electron chi connectivity index (χ4n) is 4.13. The molecule has 8 heteroatoms. The van der Waals surface area contributed by atoms with Crippen molar-refractivity contribution in [2.75, 3.05) is 11.9 Å². The fourth-order valence-corrected chi connectivity index (χ4v) is 4.13. The van der Waals surface area contributed by atoms with Crippen LogP contribution in [0, 0.1) is 0 Å². The lowest BCUT2D eigenvalue weighted by molar-refractivity contribution is -0.116. The Morgan fingerprint density at radius 1 is 1.00 bits per heavy atom. The summed E-state index contributed by atoms with van der Waals surface area (Å²) in [5.41, 5.74) is 4.84. The summed E-state index contributed by atoms with van der Waals surface area (Å²) in [6.45, 7) is 2.06. The number of nitrogens with zero attached hydrogens (tertiary/aromatic N) is 1. The fraction of sp³-hybridized carbons (Fsp3) is 0.231. The Morgan fingerprint density at radius 2 is 1.65 bits per heavy atom. The van der Waals surface area contributed by atoms with Crippen molar-refractivity contribution in [3.05, 3.63) is 83.7 Å². The zero-order valence-corrected chi connectivity index (χ0v) is 18.7. The van der Waals surface area contributed by atoms with Crippen LogP contribution >= 0.6 is 0 Å². The molecule has 3 N–H and O–H groups in total. The molecule has 0 spiro atoms. The van der Waals surface area contributed by atoms with Gasteiger partial charge in [-0.15, -0.1) is 0 Å². The molecule has 0 saturated heterocycles. The first-order valence-corrected chi connectivity index (χ1v) is 11.1. The number of carbonyl (C=O) groups is 3. The average Bonchev–Trinajstić information content (AvgIpc) is 3.16. The second-order valence-corrected chi connectivity index (χ2v) is 8.06. The molecule has 0 unspecified atom stereocenters. The van der Waals surface area contributed by atoms with Crippen LogP contribution in [-0.4, -0.2) is 40.7 Å². The first-order valence-electron chi connectivity index (χ1n) is 11.1. The third kappa shape index (κ3) is 5.06. The van der Waals surface area contributed by atoms with Crippen LogP contribution in [0.3, 0.4) is 0 Å². The van der Waals surface area contributed by atoms with Gasteiger partial charge < -0.3 is 20.5 Å². The highest BCUT2D eigenvalue weighted by atomic mass is 16.5. The quantitative estimate of drug-likeness (QED) is 0.459. The number of anilines is 1. The minimum Gasteiger partial charge on any atom is -0.477 e. The third-order valence-electron chi connectivity index (χ3n) is 5.86. The maximum Gasteiger partial charge on any atom is 0.407 e. The number of carbonyl (C=O) groups excluding carboxylic acids is 2. The monoisotopic (exact) mass is 459 g/mol. The number of hydrogen-bond donors (Lipinski definition) is 3. The Kier molecular flexibility index (Phi) is 6.87. The van der Waals surface area contributed by atoms with E-state index in [9.17, 15) is 14.4 Å². The van der Waals surface area contributed by atoms with E-state index >= 15 is 0 Å². The molecule has 0 aliphatic heterocycles. The van der Waals surface area contributed by atoms with Gasteiger partial charge in [-0.1, -0.05) is 55.5 Å². The molecule has 2 amide bonds. The lowest BCUT2D eigenvalue weighted by atomic mass is 9.98. The Balaban J connectivity index is 1.31. The van der Waals surface area contributed by atoms with Crippen LogP contribution in [0.15, 0.2) is 66.9 Å². The summed E-state index contributed by atoms with van der Waals surface area (Å²) in [5.74, 6) is -1.50. The highest BCUT2D eigenvalue weighted by Crippen LogP contribution is 2.44. The summed E-state index contributed by atoms with van der Waals surface area (Å²) in [5, 5.41) is 14.3. The minimum atomic E-state index is -1.14. The molecule has 0 saturated carbocycles. The standard InChI is InChI=1S/C26H25N3O5/c1-2-16(13-24(30)28-17-11-12-23(25(31)32)27-14-17)29-26(33)34-15-22-20-9-5-3-7-18(20)19-8-4-6-10-21(19)22/h3-12,14,16,22H,2,13,15H2,1H3,(H,28,30)(H,29,33)(H,31,32)/t16-/m0/s1. The number of aromatic carboxylic acids is 1. The second-order valence-electron chi connectivity index (χ2n) is 8.06. The number of fused-ring (bicyclic) bond motifs is 3. The van der Waals surface area contributed by atoms with E-state index in [4.69, 9.17) is 9.84 Å². The first-order chi connectivity index (χ1) is 16.5. The second kappa shape index (κ2) is 10.2. The number of amides is 2. The summed E-state index contributed by atoms with van der Waals surface area (Å²) in [4.78, 5) is 39.5. The Hall–Kier alpha value is -4.20. The van der Waals surface area contributed by atoms with E-state index in [1.165, 1.54) is 18.3 Å². The van der Waals surface area contributed by atoms with Crippen LogP contribution in [-0.2, 0) is 9.53 Å². The van der Waals surface area contributed by atoms with Gasteiger partial charge in [-0.3, -0.25) is 4.79 Å². The molecule has 174 valence electrons. The van der Waals surface area contributed by atoms with E-state index in [0.717, 1.165) is 22.3 Å². The van der Waals surface area contributed by atoms with E-state index in [0.29, 0.717) is 12.1 Å². The van der Waals surface area contributed by atoms with Gasteiger partial charge in [-0.25, -0.2) is 14.6 Å². The van der Waals surface area contributed by atoms with Gasteiger partial charge in [0.25, 0.3) is 0 Å². The van der Waals surface area contributed by atoms with Crippen LogP contribution in [0.2, 0.25) is 0 Å². The van der Waals surface area contributed by atoms with E-state index in [1.54, 1.807) is 0 Å². The van der Waals surface area contributed by atoms with Crippen molar-refractivity contribution in [2.45, 2.75) is 31.7 Å². The van der Waals surface area contributed by atoms with Gasteiger partial charge in [-0.2, -0.15) is 0 Å². The summed E-state index contributed by atoms with van der Waals surface area (Å²) in [6.07, 6.45) is 1.28. The van der Waals surface area contributed by atoms with E-state index in [2.05, 4.69) is 39.9 Å². The molecule has 1 aromatic heterocycles. The summed E-state index contributed by atoms with van der Waals surface area (Å²) in [7, 11) is 0. The lowest BCUT2D eigenvalue weighted by Crippen LogP contribution is -2.38. The molecule has 1 aliphatic carbocycles. The number of rotatable bonds is 8. The molecule has 0 bridgehead atoms. The zero-order chi connectivity index (χ0) is 24.1. The molecular weight excluding hydrogens is 434 g/mol. The normalized spacial score (nSPS) is 12.9. The summed E-state index contributed by atoms with van der Waals surface area (Å²) in [6, 6.07) is 18.6. The first kappa shape index (κ1) is 23.0. The molecule has 1 heterocycles. The number of benzene rings is 2. The highest BCUT2D eigenvalue weighted by Gasteiger charge is 2.29. The topological polar surface area (TPSA) is 118 Å². The number of alkyl carbamates (subject to hydrolysis) is 1.